The summed E-state index contributed by atoms with van der Waals surface area (Å²) in [5.41, 5.74) is 0.739. The number of anilines is 2. The Morgan fingerprint density at radius 3 is 2.47 bits per heavy atom. The van der Waals surface area contributed by atoms with E-state index in [0.29, 0.717) is 39.1 Å². The first-order valence-electron chi connectivity index (χ1n) is 11.4. The number of hydroxylamine groups is 2. The zero-order chi connectivity index (χ0) is 26.1. The van der Waals surface area contributed by atoms with Gasteiger partial charge in [-0.2, -0.15) is 13.2 Å². The summed E-state index contributed by atoms with van der Waals surface area (Å²) in [6.07, 6.45) is -3.79. The smallest absolute Gasteiger partial charge is 0.368 e. The Hall–Kier alpha value is -3.07. The fraction of sp³-hybridized carbons (Fsp3) is 0.619. The van der Waals surface area contributed by atoms with Gasteiger partial charge in [0.05, 0.1) is 24.5 Å². The molecule has 4 rings (SSSR count). The third-order valence-corrected chi connectivity index (χ3v) is 6.41. The third-order valence-electron chi connectivity index (χ3n) is 6.41. The number of amides is 2. The van der Waals surface area contributed by atoms with Gasteiger partial charge in [-0.1, -0.05) is 0 Å². The highest BCUT2D eigenvalue weighted by molar-refractivity contribution is 6.01. The first kappa shape index (κ1) is 26.0. The van der Waals surface area contributed by atoms with Gasteiger partial charge < -0.3 is 20.4 Å². The summed E-state index contributed by atoms with van der Waals surface area (Å²) in [6.45, 7) is 2.22. The van der Waals surface area contributed by atoms with E-state index in [1.165, 1.54) is 6.20 Å². The average molecular weight is 520 g/mol. The molecule has 0 radical (unpaired) electrons. The zero-order valence-corrected chi connectivity index (χ0v) is 19.1. The Labute approximate surface area is 202 Å². The number of nitrogens with one attached hydrogen (secondary N) is 2. The maximum absolute atomic E-state index is 14.2. The summed E-state index contributed by atoms with van der Waals surface area (Å²) >= 11 is 0. The van der Waals surface area contributed by atoms with Gasteiger partial charge in [0, 0.05) is 32.6 Å². The van der Waals surface area contributed by atoms with Gasteiger partial charge in [-0.15, -0.1) is 5.06 Å². The fourth-order valence-electron chi connectivity index (χ4n) is 4.52. The molecule has 2 unspecified atom stereocenters. The van der Waals surface area contributed by atoms with Crippen LogP contribution in [0.15, 0.2) is 18.3 Å². The highest BCUT2D eigenvalue weighted by atomic mass is 19.4. The van der Waals surface area contributed by atoms with Crippen LogP contribution in [0.3, 0.4) is 0 Å². The molecule has 0 spiro atoms. The van der Waals surface area contributed by atoms with Crippen LogP contribution in [-0.4, -0.2) is 96.2 Å². The minimum absolute atomic E-state index is 0.0234. The number of hydrogen-bond donors (Lipinski definition) is 2. The zero-order valence-electron chi connectivity index (χ0n) is 19.1. The van der Waals surface area contributed by atoms with Gasteiger partial charge in [-0.3, -0.25) is 14.5 Å². The van der Waals surface area contributed by atoms with Crippen LogP contribution in [-0.2, 0) is 19.2 Å². The summed E-state index contributed by atoms with van der Waals surface area (Å²) < 4.78 is 65.8. The molecule has 3 fully saturated rings. The second-order valence-corrected chi connectivity index (χ2v) is 8.81. The molecule has 2 N–H and O–H groups in total. The van der Waals surface area contributed by atoms with E-state index in [9.17, 15) is 36.3 Å². The molecule has 0 aromatic carbocycles. The molecule has 15 heteroatoms. The largest absolute Gasteiger partial charge is 0.493 e. The van der Waals surface area contributed by atoms with Crippen molar-refractivity contribution in [2.24, 2.45) is 0 Å². The van der Waals surface area contributed by atoms with Crippen LogP contribution >= 0.6 is 0 Å². The first-order chi connectivity index (χ1) is 17.0. The molecule has 0 aliphatic carbocycles. The monoisotopic (exact) mass is 520 g/mol. The highest BCUT2D eigenvalue weighted by Crippen LogP contribution is 2.29. The van der Waals surface area contributed by atoms with Crippen LogP contribution in [0.25, 0.3) is 0 Å². The van der Waals surface area contributed by atoms with Gasteiger partial charge in [-0.25, -0.2) is 18.6 Å². The van der Waals surface area contributed by atoms with Gasteiger partial charge in [0.25, 0.3) is 17.7 Å². The minimum Gasteiger partial charge on any atom is -0.368 e. The second kappa shape index (κ2) is 10.1. The Kier molecular flexibility index (Phi) is 7.31. The van der Waals surface area contributed by atoms with E-state index in [1.807, 2.05) is 9.80 Å². The molecule has 3 saturated heterocycles. The number of alkyl halides is 5. The van der Waals surface area contributed by atoms with Crippen molar-refractivity contribution in [1.82, 2.24) is 20.3 Å². The van der Waals surface area contributed by atoms with E-state index < -0.39 is 42.0 Å². The second-order valence-electron chi connectivity index (χ2n) is 8.81. The van der Waals surface area contributed by atoms with Crippen molar-refractivity contribution in [1.29, 1.82) is 0 Å². The molecule has 1 aromatic heterocycles. The van der Waals surface area contributed by atoms with E-state index in [0.717, 1.165) is 5.69 Å². The van der Waals surface area contributed by atoms with Crippen LogP contribution in [0.4, 0.5) is 33.5 Å². The summed E-state index contributed by atoms with van der Waals surface area (Å²) in [7, 11) is 0. The van der Waals surface area contributed by atoms with Crippen LogP contribution in [0.5, 0.6) is 0 Å². The normalized spacial score (nSPS) is 25.6. The number of pyridine rings is 1. The molecule has 3 aliphatic rings. The number of carbonyl (C=O) groups is 3. The number of aromatic nitrogens is 1. The summed E-state index contributed by atoms with van der Waals surface area (Å²) in [6, 6.07) is 1.35. The Bertz CT molecular complexity index is 984. The lowest BCUT2D eigenvalue weighted by atomic mass is 9.99. The van der Waals surface area contributed by atoms with Gasteiger partial charge >= 0.3 is 12.1 Å². The van der Waals surface area contributed by atoms with Crippen molar-refractivity contribution < 1.29 is 41.2 Å². The quantitative estimate of drug-likeness (QED) is 0.437. The van der Waals surface area contributed by atoms with Crippen LogP contribution < -0.4 is 15.5 Å². The Morgan fingerprint density at radius 2 is 1.86 bits per heavy atom. The maximum Gasteiger partial charge on any atom is 0.493 e. The lowest BCUT2D eigenvalue weighted by Crippen LogP contribution is -2.61. The maximum atomic E-state index is 14.2. The number of nitrogens with zero attached hydrogens (tertiary/aromatic N) is 4. The molecule has 36 heavy (non-hydrogen) atoms. The number of piperidine rings is 2. The number of rotatable bonds is 5. The summed E-state index contributed by atoms with van der Waals surface area (Å²) in [5.74, 6) is -7.42. The van der Waals surface area contributed by atoms with Gasteiger partial charge in [0.2, 0.25) is 0 Å². The predicted octanol–water partition coefficient (Wildman–Crippen LogP) is 1.15. The number of hydrogen-bond acceptors (Lipinski definition) is 9. The molecule has 2 amide bonds. The van der Waals surface area contributed by atoms with Gasteiger partial charge in [0.15, 0.2) is 0 Å². The number of halogens is 5. The fourth-order valence-corrected chi connectivity index (χ4v) is 4.52. The minimum atomic E-state index is -5.36. The third kappa shape index (κ3) is 5.67. The van der Waals surface area contributed by atoms with Crippen molar-refractivity contribution in [2.45, 2.75) is 43.4 Å². The van der Waals surface area contributed by atoms with Crippen LogP contribution in [0.1, 0.15) is 19.3 Å². The molecular weight excluding hydrogens is 495 g/mol. The molecule has 10 nitrogen and oxygen atoms in total. The van der Waals surface area contributed by atoms with Crippen molar-refractivity contribution >= 4 is 29.3 Å². The van der Waals surface area contributed by atoms with E-state index >= 15 is 0 Å². The molecule has 198 valence electrons. The Morgan fingerprint density at radius 1 is 1.14 bits per heavy atom. The van der Waals surface area contributed by atoms with E-state index in [1.54, 1.807) is 12.1 Å². The van der Waals surface area contributed by atoms with Crippen LogP contribution in [0, 0.1) is 0 Å². The SMILES string of the molecule is O=C1CCC(Nc2ccc(N3CCN(C4CCNCC4(F)F)CC3)cn2)C(=O)N1OC(=O)C(F)(F)F. The van der Waals surface area contributed by atoms with Crippen LogP contribution in [0.2, 0.25) is 0 Å². The molecule has 2 atom stereocenters. The highest BCUT2D eigenvalue weighted by Gasteiger charge is 2.47. The molecular formula is C21H25F5N6O4. The first-order valence-corrected chi connectivity index (χ1v) is 11.4. The van der Waals surface area contributed by atoms with Crippen molar-refractivity contribution in [3.8, 4) is 0 Å². The lowest BCUT2D eigenvalue weighted by molar-refractivity contribution is -0.237. The molecule has 0 saturated carbocycles. The number of carbonyl (C=O) groups excluding carboxylic acids is 3. The molecule has 1 aromatic rings. The number of imide groups is 1. The molecule has 0 bridgehead atoms. The number of piperazine rings is 1. The van der Waals surface area contributed by atoms with Crippen molar-refractivity contribution in [3.05, 3.63) is 18.3 Å². The van der Waals surface area contributed by atoms with E-state index in [4.69, 9.17) is 0 Å². The Balaban J connectivity index is 1.32. The topological polar surface area (TPSA) is 107 Å². The van der Waals surface area contributed by atoms with E-state index in [-0.39, 0.29) is 30.3 Å². The average Bonchev–Trinajstić information content (AvgIpc) is 2.83. The molecule has 3 aliphatic heterocycles. The van der Waals surface area contributed by atoms with E-state index in [2.05, 4.69) is 20.5 Å². The predicted molar refractivity (Wildman–Crippen MR) is 115 cm³/mol. The lowest BCUT2D eigenvalue weighted by Gasteiger charge is -2.44. The van der Waals surface area contributed by atoms with Gasteiger partial charge in [0.1, 0.15) is 11.9 Å². The summed E-state index contributed by atoms with van der Waals surface area (Å²) in [5, 5.41) is 5.30. The summed E-state index contributed by atoms with van der Waals surface area (Å²) in [4.78, 5) is 47.3. The standard InChI is InChI=1S/C21H25F5N6O4/c22-20(23)12-27-6-5-15(20)31-9-7-30(8-10-31)13-1-3-16(28-11-13)29-14-2-4-17(33)32(18(14)34)36-19(35)21(24,25)26/h1,3,11,14-15,27H,2,4-10,12H2,(H,28,29). The van der Waals surface area contributed by atoms with Gasteiger partial charge in [-0.05, 0) is 31.5 Å². The van der Waals surface area contributed by atoms with Crippen molar-refractivity contribution in [2.75, 3.05) is 49.5 Å². The van der Waals surface area contributed by atoms with Crippen molar-refractivity contribution in [3.63, 3.8) is 0 Å². The molecule has 4 heterocycles.